The summed E-state index contributed by atoms with van der Waals surface area (Å²) in [5, 5.41) is 0. The molecule has 108 valence electrons. The zero-order valence-electron chi connectivity index (χ0n) is 10.7. The van der Waals surface area contributed by atoms with Gasteiger partial charge in [-0.05, 0) is 0 Å². The Morgan fingerprint density at radius 3 is 2.57 bits per heavy atom. The summed E-state index contributed by atoms with van der Waals surface area (Å²) in [6.45, 7) is 0. The number of rotatable bonds is 2. The van der Waals surface area contributed by atoms with E-state index in [9.17, 15) is 18.0 Å². The zero-order valence-corrected chi connectivity index (χ0v) is 10.7. The van der Waals surface area contributed by atoms with Crippen molar-refractivity contribution < 1.29 is 17.6 Å². The average molecular weight is 295 g/mol. The summed E-state index contributed by atoms with van der Waals surface area (Å²) in [5.74, 6) is -3.34. The summed E-state index contributed by atoms with van der Waals surface area (Å²) >= 11 is 0. The molecule has 8 heteroatoms. The zero-order chi connectivity index (χ0) is 15.1. The van der Waals surface area contributed by atoms with Gasteiger partial charge in [0.05, 0.1) is 12.7 Å². The molecule has 3 rings (SSSR count). The van der Waals surface area contributed by atoms with Crippen LogP contribution in [0.2, 0.25) is 0 Å². The lowest BCUT2D eigenvalue weighted by molar-refractivity contribution is 0.442. The van der Waals surface area contributed by atoms with E-state index in [-0.39, 0.29) is 17.1 Å². The summed E-state index contributed by atoms with van der Waals surface area (Å²) in [7, 11) is 1.62. The van der Waals surface area contributed by atoms with E-state index in [4.69, 9.17) is 4.42 Å². The van der Waals surface area contributed by atoms with Gasteiger partial charge in [0.15, 0.2) is 11.2 Å². The maximum Gasteiger partial charge on any atom is 0.367 e. The van der Waals surface area contributed by atoms with Crippen molar-refractivity contribution in [2.24, 2.45) is 7.05 Å². The lowest BCUT2D eigenvalue weighted by Crippen LogP contribution is -2.08. The van der Waals surface area contributed by atoms with Gasteiger partial charge in [-0.2, -0.15) is 4.98 Å². The molecule has 0 aliphatic heterocycles. The van der Waals surface area contributed by atoms with Crippen LogP contribution >= 0.6 is 0 Å². The molecule has 0 aliphatic carbocycles. The number of benzene rings is 1. The second-order valence-corrected chi connectivity index (χ2v) is 4.45. The van der Waals surface area contributed by atoms with Gasteiger partial charge >= 0.3 is 5.63 Å². The fourth-order valence-corrected chi connectivity index (χ4v) is 1.96. The van der Waals surface area contributed by atoms with Crippen molar-refractivity contribution in [1.82, 2.24) is 14.5 Å². The van der Waals surface area contributed by atoms with Gasteiger partial charge in [0.25, 0.3) is 0 Å². The predicted molar refractivity (Wildman–Crippen MR) is 66.2 cm³/mol. The third-order valence-electron chi connectivity index (χ3n) is 2.97. The van der Waals surface area contributed by atoms with Crippen LogP contribution in [0.15, 0.2) is 27.7 Å². The third-order valence-corrected chi connectivity index (χ3v) is 2.97. The Hall–Kier alpha value is -2.64. The van der Waals surface area contributed by atoms with E-state index in [1.807, 2.05) is 0 Å². The second kappa shape index (κ2) is 4.72. The van der Waals surface area contributed by atoms with E-state index >= 15 is 0 Å². The summed E-state index contributed by atoms with van der Waals surface area (Å²) in [6.07, 6.45) is 0.964. The third kappa shape index (κ3) is 2.28. The minimum Gasteiger partial charge on any atom is -0.406 e. The van der Waals surface area contributed by atoms with Crippen molar-refractivity contribution in [2.45, 2.75) is 6.42 Å². The van der Waals surface area contributed by atoms with Crippen LogP contribution in [0.1, 0.15) is 11.5 Å². The van der Waals surface area contributed by atoms with Gasteiger partial charge in [-0.15, -0.1) is 0 Å². The molecule has 0 fully saturated rings. The van der Waals surface area contributed by atoms with Crippen LogP contribution in [0.5, 0.6) is 0 Å². The molecule has 0 unspecified atom stereocenters. The topological polar surface area (TPSA) is 60.9 Å². The fourth-order valence-electron chi connectivity index (χ4n) is 1.96. The molecule has 0 radical (unpaired) electrons. The molecule has 0 saturated heterocycles. The first-order valence-electron chi connectivity index (χ1n) is 5.90. The summed E-state index contributed by atoms with van der Waals surface area (Å²) in [5.41, 5.74) is -0.905. The number of imidazole rings is 1. The molecular weight excluding hydrogens is 287 g/mol. The quantitative estimate of drug-likeness (QED) is 0.725. The Morgan fingerprint density at radius 1 is 1.24 bits per heavy atom. The van der Waals surface area contributed by atoms with Crippen molar-refractivity contribution in [3.05, 3.63) is 57.8 Å². The van der Waals surface area contributed by atoms with Gasteiger partial charge in [-0.25, -0.2) is 22.9 Å². The predicted octanol–water partition coefficient (Wildman–Crippen LogP) is 1.93. The van der Waals surface area contributed by atoms with E-state index in [1.165, 1.54) is 10.9 Å². The molecule has 0 saturated carbocycles. The van der Waals surface area contributed by atoms with Gasteiger partial charge in [0.1, 0.15) is 17.5 Å². The fraction of sp³-hybridized carbons (Fsp3) is 0.154. The van der Waals surface area contributed by atoms with Crippen LogP contribution in [-0.4, -0.2) is 14.5 Å². The van der Waals surface area contributed by atoms with Crippen LogP contribution in [0.4, 0.5) is 13.2 Å². The van der Waals surface area contributed by atoms with Crippen molar-refractivity contribution in [2.75, 3.05) is 0 Å². The van der Waals surface area contributed by atoms with Crippen LogP contribution < -0.4 is 5.63 Å². The largest absolute Gasteiger partial charge is 0.406 e. The highest BCUT2D eigenvalue weighted by molar-refractivity contribution is 5.68. The van der Waals surface area contributed by atoms with Crippen LogP contribution in [0, 0.1) is 17.5 Å². The molecule has 0 N–H and O–H groups in total. The van der Waals surface area contributed by atoms with Crippen LogP contribution in [0.3, 0.4) is 0 Å². The molecule has 21 heavy (non-hydrogen) atoms. The average Bonchev–Trinajstić information content (AvgIpc) is 2.76. The molecule has 1 aromatic carbocycles. The normalized spacial score (nSPS) is 11.2. The highest BCUT2D eigenvalue weighted by Gasteiger charge is 2.16. The van der Waals surface area contributed by atoms with Gasteiger partial charge in [0, 0.05) is 24.7 Å². The number of nitrogens with zero attached hydrogens (tertiary/aromatic N) is 3. The highest BCUT2D eigenvalue weighted by atomic mass is 19.1. The number of hydrogen-bond acceptors (Lipinski definition) is 4. The number of aryl methyl sites for hydroxylation is 1. The number of hydrogen-bond donors (Lipinski definition) is 0. The smallest absolute Gasteiger partial charge is 0.367 e. The first-order chi connectivity index (χ1) is 9.95. The molecule has 0 bridgehead atoms. The minimum atomic E-state index is -1.07. The first kappa shape index (κ1) is 13.3. The summed E-state index contributed by atoms with van der Waals surface area (Å²) < 4.78 is 46.4. The Kier molecular flexibility index (Phi) is 3.00. The lowest BCUT2D eigenvalue weighted by atomic mass is 10.1. The molecule has 2 aromatic heterocycles. The van der Waals surface area contributed by atoms with E-state index in [2.05, 4.69) is 9.97 Å². The molecule has 5 nitrogen and oxygen atoms in total. The Labute approximate surface area is 115 Å². The molecule has 0 aliphatic rings. The van der Waals surface area contributed by atoms with Gasteiger partial charge in [-0.3, -0.25) is 0 Å². The van der Waals surface area contributed by atoms with Gasteiger partial charge in [-0.1, -0.05) is 0 Å². The Bertz CT molecular complexity index is 878. The molecule has 3 aromatic rings. The maximum absolute atomic E-state index is 13.6. The second-order valence-electron chi connectivity index (χ2n) is 4.45. The van der Waals surface area contributed by atoms with Crippen LogP contribution in [-0.2, 0) is 13.5 Å². The van der Waals surface area contributed by atoms with E-state index in [0.29, 0.717) is 12.1 Å². The highest BCUT2D eigenvalue weighted by Crippen LogP contribution is 2.18. The number of halogens is 3. The van der Waals surface area contributed by atoms with Gasteiger partial charge < -0.3 is 8.98 Å². The summed E-state index contributed by atoms with van der Waals surface area (Å²) in [4.78, 5) is 19.5. The molecular formula is C13H8F3N3O2. The Morgan fingerprint density at radius 2 is 1.90 bits per heavy atom. The van der Waals surface area contributed by atoms with Crippen molar-refractivity contribution in [1.29, 1.82) is 0 Å². The van der Waals surface area contributed by atoms with E-state index in [1.54, 1.807) is 7.05 Å². The molecule has 0 spiro atoms. The van der Waals surface area contributed by atoms with E-state index < -0.39 is 35.1 Å². The standard InChI is InChI=1S/C13H8F3N3O2/c1-19-5-17-11-12(19)18-10(21-13(11)20)4-7-8(15)2-6(14)3-9(7)16/h2-3,5H,4H2,1H3. The Balaban J connectivity index is 2.10. The number of aromatic nitrogens is 3. The van der Waals surface area contributed by atoms with Gasteiger partial charge in [0.2, 0.25) is 5.89 Å². The molecule has 0 amide bonds. The first-order valence-corrected chi connectivity index (χ1v) is 5.90. The molecule has 0 atom stereocenters. The van der Waals surface area contributed by atoms with Crippen molar-refractivity contribution >= 4 is 11.2 Å². The lowest BCUT2D eigenvalue weighted by Gasteiger charge is -2.04. The summed E-state index contributed by atoms with van der Waals surface area (Å²) in [6, 6.07) is 1.11. The van der Waals surface area contributed by atoms with Crippen molar-refractivity contribution in [3.8, 4) is 0 Å². The van der Waals surface area contributed by atoms with E-state index in [0.717, 1.165) is 0 Å². The molecule has 2 heterocycles. The SMILES string of the molecule is Cn1cnc2c(=O)oc(Cc3c(F)cc(F)cc3F)nc21. The maximum atomic E-state index is 13.6. The minimum absolute atomic E-state index is 0.0290. The van der Waals surface area contributed by atoms with Crippen molar-refractivity contribution in [3.63, 3.8) is 0 Å². The van der Waals surface area contributed by atoms with Crippen LogP contribution in [0.25, 0.3) is 11.2 Å². The number of fused-ring (bicyclic) bond motifs is 1. The monoisotopic (exact) mass is 295 g/mol.